The van der Waals surface area contributed by atoms with Gasteiger partial charge in [-0.25, -0.2) is 22.2 Å². The average molecular weight is 523 g/mol. The van der Waals surface area contributed by atoms with E-state index in [1.807, 2.05) is 20.8 Å². The van der Waals surface area contributed by atoms with Gasteiger partial charge in [0.2, 0.25) is 0 Å². The average Bonchev–Trinajstić information content (AvgIpc) is 3.51. The van der Waals surface area contributed by atoms with E-state index in [1.54, 1.807) is 47.2 Å². The van der Waals surface area contributed by atoms with Crippen molar-refractivity contribution in [2.24, 2.45) is 0 Å². The van der Waals surface area contributed by atoms with E-state index in [1.165, 1.54) is 10.2 Å². The number of rotatable bonds is 4. The number of hydrogen-bond acceptors (Lipinski definition) is 6. The third-order valence-electron chi connectivity index (χ3n) is 5.75. The molecule has 5 rings (SSSR count). The van der Waals surface area contributed by atoms with Crippen LogP contribution >= 0.6 is 0 Å². The number of carbonyl (C=O) groups is 1. The van der Waals surface area contributed by atoms with Crippen molar-refractivity contribution in [3.8, 4) is 0 Å². The molecule has 0 amide bonds. The van der Waals surface area contributed by atoms with Gasteiger partial charge in [0.05, 0.1) is 22.1 Å². The van der Waals surface area contributed by atoms with Gasteiger partial charge in [0.25, 0.3) is 16.5 Å². The standard InChI is InChI=1S/C19H18N4O3S.C5H10O2.CH3.Na/c24-19-21-16-12-20-18-15(17(16)23(19)13-6-4-5-7-13)10-11-22(18)27(25,26)14-8-2-1-3-9-14;1-5(2,3)7-4-6;;/h1-3,8-13H,4-7H2,(H,21,24);4H,1-3H3;1H3;/q;;-1;+1. The number of H-pyrrole nitrogens is 1. The molecular formula is C25H31N4NaO5S. The summed E-state index contributed by atoms with van der Waals surface area (Å²) < 4.78 is 33.6. The predicted molar refractivity (Wildman–Crippen MR) is 136 cm³/mol. The minimum atomic E-state index is -3.76. The van der Waals surface area contributed by atoms with Crippen molar-refractivity contribution in [3.05, 3.63) is 66.7 Å². The van der Waals surface area contributed by atoms with Crippen molar-refractivity contribution in [2.75, 3.05) is 0 Å². The monoisotopic (exact) mass is 522 g/mol. The fraction of sp³-hybridized carbons (Fsp3) is 0.360. The van der Waals surface area contributed by atoms with Crippen LogP contribution in [0.1, 0.15) is 52.5 Å². The van der Waals surface area contributed by atoms with E-state index in [-0.39, 0.29) is 59.2 Å². The van der Waals surface area contributed by atoms with Crippen LogP contribution in [0.25, 0.3) is 22.1 Å². The maximum Gasteiger partial charge on any atom is 1.00 e. The summed E-state index contributed by atoms with van der Waals surface area (Å²) in [4.78, 5) is 29.6. The molecule has 1 fully saturated rings. The third kappa shape index (κ3) is 5.94. The zero-order valence-electron chi connectivity index (χ0n) is 21.4. The molecule has 188 valence electrons. The summed E-state index contributed by atoms with van der Waals surface area (Å²) in [6.45, 7) is 5.92. The molecule has 0 spiro atoms. The summed E-state index contributed by atoms with van der Waals surface area (Å²) in [5.74, 6) is 0. The van der Waals surface area contributed by atoms with Gasteiger partial charge in [-0.05, 0) is 51.8 Å². The molecule has 1 aromatic carbocycles. The second-order valence-corrected chi connectivity index (χ2v) is 11.1. The van der Waals surface area contributed by atoms with Crippen LogP contribution in [0.3, 0.4) is 0 Å². The number of pyridine rings is 1. The molecular weight excluding hydrogens is 491 g/mol. The van der Waals surface area contributed by atoms with Crippen LogP contribution in [0.4, 0.5) is 0 Å². The second-order valence-electron chi connectivity index (χ2n) is 9.25. The van der Waals surface area contributed by atoms with Gasteiger partial charge >= 0.3 is 35.2 Å². The Kier molecular flexibility index (Phi) is 9.75. The van der Waals surface area contributed by atoms with E-state index in [2.05, 4.69) is 14.7 Å². The number of benzene rings is 1. The molecule has 11 heteroatoms. The molecule has 0 aliphatic heterocycles. The van der Waals surface area contributed by atoms with E-state index in [4.69, 9.17) is 0 Å². The number of nitrogens with one attached hydrogen (secondary N) is 1. The molecule has 0 atom stereocenters. The van der Waals surface area contributed by atoms with Crippen molar-refractivity contribution in [3.63, 3.8) is 0 Å². The van der Waals surface area contributed by atoms with E-state index >= 15 is 0 Å². The Bertz CT molecular complexity index is 1480. The van der Waals surface area contributed by atoms with E-state index < -0.39 is 10.0 Å². The fourth-order valence-electron chi connectivity index (χ4n) is 4.23. The van der Waals surface area contributed by atoms with Gasteiger partial charge < -0.3 is 17.1 Å². The van der Waals surface area contributed by atoms with Crippen LogP contribution in [-0.4, -0.2) is 39.0 Å². The minimum absolute atomic E-state index is 0. The molecule has 1 aliphatic rings. The molecule has 0 saturated heterocycles. The Balaban J connectivity index is 0.000000450. The molecule has 0 unspecified atom stereocenters. The molecule has 1 saturated carbocycles. The Morgan fingerprint density at radius 3 is 2.31 bits per heavy atom. The molecule has 1 N–H and O–H groups in total. The van der Waals surface area contributed by atoms with Gasteiger partial charge in [-0.1, -0.05) is 31.0 Å². The van der Waals surface area contributed by atoms with Crippen LogP contribution in [0.2, 0.25) is 0 Å². The zero-order chi connectivity index (χ0) is 24.5. The maximum atomic E-state index is 13.0. The molecule has 0 bridgehead atoms. The molecule has 3 aromatic heterocycles. The van der Waals surface area contributed by atoms with E-state index in [0.29, 0.717) is 23.0 Å². The van der Waals surface area contributed by atoms with Gasteiger partial charge in [0.1, 0.15) is 5.60 Å². The summed E-state index contributed by atoms with van der Waals surface area (Å²) in [5.41, 5.74) is 1.22. The summed E-state index contributed by atoms with van der Waals surface area (Å²) in [5, 5.41) is 0.664. The van der Waals surface area contributed by atoms with Crippen LogP contribution in [0, 0.1) is 7.43 Å². The number of hydrogen-bond donors (Lipinski definition) is 1. The first-order chi connectivity index (χ1) is 16.1. The number of imidazole rings is 1. The molecule has 3 heterocycles. The Labute approximate surface area is 233 Å². The first-order valence-electron chi connectivity index (χ1n) is 11.2. The normalized spacial score (nSPS) is 14.0. The first-order valence-corrected chi connectivity index (χ1v) is 12.6. The summed E-state index contributed by atoms with van der Waals surface area (Å²) in [6, 6.07) is 10.1. The molecule has 1 aliphatic carbocycles. The SMILES string of the molecule is CC(C)(C)OC=O.O=c1[nH]c2cnc3c(ccn3S(=O)(=O)c3ccccc3)c2n1C1CCCC1.[CH3-].[Na+]. The zero-order valence-corrected chi connectivity index (χ0v) is 24.2. The molecule has 0 radical (unpaired) electrons. The number of aromatic amines is 1. The summed E-state index contributed by atoms with van der Waals surface area (Å²) >= 11 is 0. The van der Waals surface area contributed by atoms with Gasteiger partial charge in [0, 0.05) is 17.6 Å². The Hall–Kier alpha value is -2.40. The molecule has 36 heavy (non-hydrogen) atoms. The number of nitrogens with zero attached hydrogens (tertiary/aromatic N) is 3. The summed E-state index contributed by atoms with van der Waals surface area (Å²) in [6.07, 6.45) is 7.17. The van der Waals surface area contributed by atoms with Crippen molar-refractivity contribution in [1.82, 2.24) is 18.5 Å². The minimum Gasteiger partial charge on any atom is -0.462 e. The quantitative estimate of drug-likeness (QED) is 0.246. The largest absolute Gasteiger partial charge is 1.00 e. The molecule has 9 nitrogen and oxygen atoms in total. The van der Waals surface area contributed by atoms with Crippen molar-refractivity contribution >= 4 is 38.6 Å². The number of carbonyl (C=O) groups excluding carboxylic acids is 1. The number of aromatic nitrogens is 4. The number of fused-ring (bicyclic) bond motifs is 3. The molecule has 4 aromatic rings. The fourth-order valence-corrected chi connectivity index (χ4v) is 5.55. The van der Waals surface area contributed by atoms with E-state index in [9.17, 15) is 18.0 Å². The second kappa shape index (κ2) is 11.8. The van der Waals surface area contributed by atoms with Crippen molar-refractivity contribution in [2.45, 2.75) is 63.0 Å². The predicted octanol–water partition coefficient (Wildman–Crippen LogP) is 1.44. The maximum absolute atomic E-state index is 13.0. The topological polar surface area (TPSA) is 116 Å². The first kappa shape index (κ1) is 29.8. The van der Waals surface area contributed by atoms with Crippen molar-refractivity contribution in [1.29, 1.82) is 0 Å². The Morgan fingerprint density at radius 2 is 1.75 bits per heavy atom. The Morgan fingerprint density at radius 1 is 1.11 bits per heavy atom. The van der Waals surface area contributed by atoms with Crippen molar-refractivity contribution < 1.29 is 47.5 Å². The van der Waals surface area contributed by atoms with Gasteiger partial charge in [-0.2, -0.15) is 0 Å². The van der Waals surface area contributed by atoms with Gasteiger partial charge in [-0.15, -0.1) is 0 Å². The summed E-state index contributed by atoms with van der Waals surface area (Å²) in [7, 11) is -3.76. The smallest absolute Gasteiger partial charge is 0.462 e. The van der Waals surface area contributed by atoms with Crippen LogP contribution < -0.4 is 35.2 Å². The third-order valence-corrected chi connectivity index (χ3v) is 7.43. The van der Waals surface area contributed by atoms with Gasteiger partial charge in [0.15, 0.2) is 5.65 Å². The van der Waals surface area contributed by atoms with Crippen LogP contribution in [0.5, 0.6) is 0 Å². The van der Waals surface area contributed by atoms with E-state index in [0.717, 1.165) is 31.2 Å². The van der Waals surface area contributed by atoms with Crippen LogP contribution in [0.15, 0.2) is 58.5 Å². The van der Waals surface area contributed by atoms with Gasteiger partial charge in [-0.3, -0.25) is 9.36 Å². The number of ether oxygens (including phenoxy) is 1. The van der Waals surface area contributed by atoms with Crippen LogP contribution in [-0.2, 0) is 19.6 Å².